The minimum absolute atomic E-state index is 0.0296. The number of pyridine rings is 1. The minimum Gasteiger partial charge on any atom is -0.360 e. The van der Waals surface area contributed by atoms with Crippen molar-refractivity contribution in [2.45, 2.75) is 13.5 Å². The molecule has 0 radical (unpaired) electrons. The molecule has 1 fully saturated rings. The van der Waals surface area contributed by atoms with Crippen molar-refractivity contribution in [3.05, 3.63) is 76.1 Å². The Morgan fingerprint density at radius 3 is 2.58 bits per heavy atom. The lowest BCUT2D eigenvalue weighted by molar-refractivity contribution is -0.914. The lowest BCUT2D eigenvalue weighted by Gasteiger charge is -2.33. The molecule has 134 valence electrons. The van der Waals surface area contributed by atoms with Crippen molar-refractivity contribution < 1.29 is 9.29 Å². The number of nitrogens with one attached hydrogen (secondary N) is 1. The molecule has 1 N–H and O–H groups in total. The van der Waals surface area contributed by atoms with Crippen molar-refractivity contribution in [3.8, 4) is 0 Å². The van der Waals surface area contributed by atoms with Gasteiger partial charge in [-0.25, -0.2) is 9.37 Å². The van der Waals surface area contributed by atoms with Crippen molar-refractivity contribution >= 4 is 11.3 Å². The van der Waals surface area contributed by atoms with Gasteiger partial charge >= 0.3 is 0 Å². The molecule has 1 aromatic carbocycles. The number of benzene rings is 1. The third kappa shape index (κ3) is 3.46. The lowest BCUT2D eigenvalue weighted by atomic mass is 10.2. The number of fused-ring (bicyclic) bond motifs is 1. The van der Waals surface area contributed by atoms with Crippen LogP contribution in [0.3, 0.4) is 0 Å². The van der Waals surface area contributed by atoms with E-state index >= 15 is 0 Å². The Morgan fingerprint density at radius 2 is 1.85 bits per heavy atom. The first-order valence-electron chi connectivity index (χ1n) is 8.91. The highest BCUT2D eigenvalue weighted by molar-refractivity contribution is 5.46. The molecule has 3 heterocycles. The van der Waals surface area contributed by atoms with Crippen molar-refractivity contribution in [3.63, 3.8) is 0 Å². The Labute approximate surface area is 151 Å². The molecule has 0 unspecified atom stereocenters. The highest BCUT2D eigenvalue weighted by Crippen LogP contribution is 2.14. The molecule has 0 saturated carbocycles. The molecule has 0 amide bonds. The number of rotatable bonds is 3. The Balaban J connectivity index is 1.44. The number of hydrogen-bond acceptors (Lipinski definition) is 3. The van der Waals surface area contributed by atoms with E-state index in [0.717, 1.165) is 49.7 Å². The van der Waals surface area contributed by atoms with Gasteiger partial charge in [-0.3, -0.25) is 9.20 Å². The number of aromatic nitrogens is 2. The molecule has 4 rings (SSSR count). The molecule has 0 aliphatic carbocycles. The summed E-state index contributed by atoms with van der Waals surface area (Å²) in [6, 6.07) is 12.2. The summed E-state index contributed by atoms with van der Waals surface area (Å²) in [5, 5.41) is 0. The Kier molecular flexibility index (Phi) is 4.42. The zero-order valence-corrected chi connectivity index (χ0v) is 14.8. The number of aryl methyl sites for hydroxylation is 1. The van der Waals surface area contributed by atoms with Crippen LogP contribution in [0.1, 0.15) is 11.3 Å². The van der Waals surface area contributed by atoms with E-state index in [4.69, 9.17) is 0 Å². The van der Waals surface area contributed by atoms with Gasteiger partial charge in [0.25, 0.3) is 5.56 Å². The summed E-state index contributed by atoms with van der Waals surface area (Å²) >= 11 is 0. The van der Waals surface area contributed by atoms with Gasteiger partial charge in [0.15, 0.2) is 0 Å². The van der Waals surface area contributed by atoms with Crippen molar-refractivity contribution in [2.24, 2.45) is 0 Å². The summed E-state index contributed by atoms with van der Waals surface area (Å²) in [5.74, 6) is -0.207. The van der Waals surface area contributed by atoms with Gasteiger partial charge in [0.1, 0.15) is 23.7 Å². The van der Waals surface area contributed by atoms with Crippen LogP contribution in [-0.2, 0) is 6.54 Å². The highest BCUT2D eigenvalue weighted by atomic mass is 19.1. The van der Waals surface area contributed by atoms with Crippen LogP contribution in [-0.4, -0.2) is 35.6 Å². The van der Waals surface area contributed by atoms with Gasteiger partial charge < -0.3 is 9.80 Å². The quantitative estimate of drug-likeness (QED) is 0.765. The van der Waals surface area contributed by atoms with Gasteiger partial charge in [0.05, 0.1) is 26.2 Å². The van der Waals surface area contributed by atoms with Crippen molar-refractivity contribution in [2.75, 3.05) is 31.1 Å². The van der Waals surface area contributed by atoms with E-state index in [1.54, 1.807) is 10.5 Å². The Morgan fingerprint density at radius 1 is 1.12 bits per heavy atom. The topological polar surface area (TPSA) is 42.0 Å². The number of quaternary nitrogens is 1. The third-order valence-corrected chi connectivity index (χ3v) is 4.95. The van der Waals surface area contributed by atoms with Gasteiger partial charge in [-0.15, -0.1) is 0 Å². The fraction of sp³-hybridized carbons (Fsp3) is 0.300. The Bertz CT molecular complexity index is 975. The first-order valence-corrected chi connectivity index (χ1v) is 8.91. The molecular weight excluding hydrogens is 331 g/mol. The molecule has 0 spiro atoms. The summed E-state index contributed by atoms with van der Waals surface area (Å²) in [4.78, 5) is 20.7. The largest absolute Gasteiger partial charge is 0.360 e. The highest BCUT2D eigenvalue weighted by Gasteiger charge is 2.21. The molecule has 0 atom stereocenters. The SMILES string of the molecule is Cc1ccc2nc(C[NH+]3CCN(c4ccc(F)cc4)CC3)cc(=O)n2c1. The van der Waals surface area contributed by atoms with E-state index in [0.29, 0.717) is 5.65 Å². The molecule has 0 bridgehead atoms. The number of piperazine rings is 1. The number of nitrogens with zero attached hydrogens (tertiary/aromatic N) is 3. The molecule has 1 aliphatic rings. The standard InChI is InChI=1S/C20H21FN4O/c1-15-2-7-19-22-17(12-20(26)25(19)13-15)14-23-8-10-24(11-9-23)18-5-3-16(21)4-6-18/h2-7,12-13H,8-11,14H2,1H3/p+1. The minimum atomic E-state index is -0.207. The normalized spacial score (nSPS) is 15.5. The van der Waals surface area contributed by atoms with Crippen LogP contribution >= 0.6 is 0 Å². The van der Waals surface area contributed by atoms with E-state index in [9.17, 15) is 9.18 Å². The smallest absolute Gasteiger partial charge is 0.258 e. The van der Waals surface area contributed by atoms with Crippen LogP contribution in [0.2, 0.25) is 0 Å². The molecule has 3 aromatic rings. The van der Waals surface area contributed by atoms with Gasteiger partial charge in [0.2, 0.25) is 0 Å². The van der Waals surface area contributed by atoms with E-state index in [-0.39, 0.29) is 11.4 Å². The maximum Gasteiger partial charge on any atom is 0.258 e. The maximum absolute atomic E-state index is 13.1. The summed E-state index contributed by atoms with van der Waals surface area (Å²) < 4.78 is 14.7. The first kappa shape index (κ1) is 16.7. The summed E-state index contributed by atoms with van der Waals surface area (Å²) in [6.07, 6.45) is 1.82. The van der Waals surface area contributed by atoms with E-state index < -0.39 is 0 Å². The summed E-state index contributed by atoms with van der Waals surface area (Å²) in [5.41, 5.74) is 3.60. The fourth-order valence-electron chi connectivity index (χ4n) is 3.51. The summed E-state index contributed by atoms with van der Waals surface area (Å²) in [6.45, 7) is 6.46. The molecule has 26 heavy (non-hydrogen) atoms. The second-order valence-electron chi connectivity index (χ2n) is 6.91. The molecule has 1 aliphatic heterocycles. The molecule has 1 saturated heterocycles. The van der Waals surface area contributed by atoms with Gasteiger partial charge in [-0.2, -0.15) is 0 Å². The predicted octanol–water partition coefficient (Wildman–Crippen LogP) is 1.05. The van der Waals surface area contributed by atoms with Crippen LogP contribution < -0.4 is 15.4 Å². The number of anilines is 1. The van der Waals surface area contributed by atoms with Crippen LogP contribution in [0.5, 0.6) is 0 Å². The second-order valence-corrected chi connectivity index (χ2v) is 6.91. The average Bonchev–Trinajstić information content (AvgIpc) is 2.64. The van der Waals surface area contributed by atoms with E-state index in [2.05, 4.69) is 9.88 Å². The van der Waals surface area contributed by atoms with E-state index in [1.165, 1.54) is 17.0 Å². The predicted molar refractivity (Wildman–Crippen MR) is 99.2 cm³/mol. The van der Waals surface area contributed by atoms with Crippen molar-refractivity contribution in [1.82, 2.24) is 9.38 Å². The van der Waals surface area contributed by atoms with Crippen LogP contribution in [0.4, 0.5) is 10.1 Å². The maximum atomic E-state index is 13.1. The van der Waals surface area contributed by atoms with Crippen LogP contribution in [0.25, 0.3) is 5.65 Å². The monoisotopic (exact) mass is 353 g/mol. The van der Waals surface area contributed by atoms with Gasteiger partial charge in [-0.1, -0.05) is 6.07 Å². The summed E-state index contributed by atoms with van der Waals surface area (Å²) in [7, 11) is 0. The number of halogens is 1. The average molecular weight is 353 g/mol. The molecular formula is C20H22FN4O+. The van der Waals surface area contributed by atoms with Gasteiger partial charge in [0, 0.05) is 18.0 Å². The van der Waals surface area contributed by atoms with E-state index in [1.807, 2.05) is 37.4 Å². The van der Waals surface area contributed by atoms with Crippen LogP contribution in [0.15, 0.2) is 53.5 Å². The molecule has 2 aromatic heterocycles. The zero-order valence-electron chi connectivity index (χ0n) is 14.8. The Hall–Kier alpha value is -2.73. The molecule has 5 nitrogen and oxygen atoms in total. The first-order chi connectivity index (χ1) is 12.6. The lowest BCUT2D eigenvalue weighted by Crippen LogP contribution is -3.13. The van der Waals surface area contributed by atoms with Crippen LogP contribution in [0, 0.1) is 12.7 Å². The third-order valence-electron chi connectivity index (χ3n) is 4.95. The zero-order chi connectivity index (χ0) is 18.1. The van der Waals surface area contributed by atoms with Crippen molar-refractivity contribution in [1.29, 1.82) is 0 Å². The fourth-order valence-corrected chi connectivity index (χ4v) is 3.51. The van der Waals surface area contributed by atoms with Gasteiger partial charge in [-0.05, 0) is 42.8 Å². The number of hydrogen-bond donors (Lipinski definition) is 1. The molecule has 6 heteroatoms. The second kappa shape index (κ2) is 6.88.